The number of ether oxygens (including phenoxy) is 2. The number of esters is 1. The minimum atomic E-state index is -1.58. The zero-order valence-electron chi connectivity index (χ0n) is 19.3. The lowest BCUT2D eigenvalue weighted by Gasteiger charge is -2.22. The van der Waals surface area contributed by atoms with Crippen LogP contribution in [0.4, 0.5) is 4.79 Å². The van der Waals surface area contributed by atoms with Gasteiger partial charge in [-0.1, -0.05) is 57.5 Å². The summed E-state index contributed by atoms with van der Waals surface area (Å²) in [4.78, 5) is 44.8. The number of amides is 2. The largest absolute Gasteiger partial charge is 0.481 e. The molecule has 10 heteroatoms. The molecule has 33 heavy (non-hydrogen) atoms. The monoisotopic (exact) mass is 466 g/mol. The Morgan fingerprint density at radius 3 is 2.33 bits per heavy atom. The Morgan fingerprint density at radius 2 is 1.88 bits per heavy atom. The van der Waals surface area contributed by atoms with E-state index in [1.165, 1.54) is 0 Å². The molecule has 0 spiro atoms. The number of alkyl carbamates (subject to hydrolysis) is 1. The lowest BCUT2D eigenvalue weighted by Crippen LogP contribution is -2.56. The van der Waals surface area contributed by atoms with Crippen LogP contribution in [0.2, 0.25) is 0 Å². The van der Waals surface area contributed by atoms with Crippen molar-refractivity contribution < 1.29 is 38.9 Å². The van der Waals surface area contributed by atoms with Gasteiger partial charge in [-0.3, -0.25) is 9.59 Å². The number of rotatable bonds is 11. The molecule has 10 nitrogen and oxygen atoms in total. The SMILES string of the molecule is CCCCOC(=O)[C@H](O)[C@@H](CC(C)C)C(=O)O.NC(=O)[C@]1(Cc2ccccc2)COC(=O)N1. The zero-order valence-corrected chi connectivity index (χ0v) is 19.3. The third-order valence-corrected chi connectivity index (χ3v) is 5.02. The Morgan fingerprint density at radius 1 is 1.24 bits per heavy atom. The third-order valence-electron chi connectivity index (χ3n) is 5.02. The molecule has 0 saturated carbocycles. The van der Waals surface area contributed by atoms with Crippen LogP contribution in [-0.2, 0) is 30.3 Å². The highest BCUT2D eigenvalue weighted by molar-refractivity contribution is 5.91. The van der Waals surface area contributed by atoms with Crippen molar-refractivity contribution in [2.24, 2.45) is 17.6 Å². The molecule has 184 valence electrons. The fourth-order valence-corrected chi connectivity index (χ4v) is 3.16. The van der Waals surface area contributed by atoms with E-state index in [0.717, 1.165) is 12.0 Å². The summed E-state index contributed by atoms with van der Waals surface area (Å²) in [5.41, 5.74) is 5.12. The summed E-state index contributed by atoms with van der Waals surface area (Å²) < 4.78 is 9.56. The van der Waals surface area contributed by atoms with Crippen molar-refractivity contribution in [1.82, 2.24) is 5.32 Å². The molecule has 2 amide bonds. The number of aliphatic hydroxyl groups is 1. The van der Waals surface area contributed by atoms with Crippen LogP contribution in [0.5, 0.6) is 0 Å². The predicted molar refractivity (Wildman–Crippen MR) is 119 cm³/mol. The Labute approximate surface area is 193 Å². The Bertz CT molecular complexity index is 799. The smallest absolute Gasteiger partial charge is 0.408 e. The van der Waals surface area contributed by atoms with Gasteiger partial charge in [-0.05, 0) is 24.3 Å². The van der Waals surface area contributed by atoms with E-state index >= 15 is 0 Å². The predicted octanol–water partition coefficient (Wildman–Crippen LogP) is 1.63. The number of hydrogen-bond donors (Lipinski definition) is 4. The molecule has 1 aliphatic rings. The number of nitrogens with one attached hydrogen (secondary N) is 1. The number of aliphatic carboxylic acids is 1. The number of nitrogens with two attached hydrogens (primary N) is 1. The van der Waals surface area contributed by atoms with Gasteiger partial charge in [0.25, 0.3) is 0 Å². The number of carbonyl (C=O) groups excluding carboxylic acids is 3. The van der Waals surface area contributed by atoms with E-state index in [2.05, 4.69) is 5.32 Å². The molecular formula is C23H34N2O8. The van der Waals surface area contributed by atoms with Crippen molar-refractivity contribution >= 4 is 23.9 Å². The van der Waals surface area contributed by atoms with E-state index in [9.17, 15) is 24.3 Å². The van der Waals surface area contributed by atoms with Crippen LogP contribution >= 0.6 is 0 Å². The molecule has 0 aliphatic carbocycles. The van der Waals surface area contributed by atoms with Crippen LogP contribution in [0.3, 0.4) is 0 Å². The summed E-state index contributed by atoms with van der Waals surface area (Å²) >= 11 is 0. The molecule has 0 aromatic heterocycles. The number of hydrogen-bond acceptors (Lipinski definition) is 7. The number of carbonyl (C=O) groups is 4. The highest BCUT2D eigenvalue weighted by atomic mass is 16.6. The van der Waals surface area contributed by atoms with Crippen LogP contribution in [0.1, 0.15) is 45.6 Å². The Hall–Kier alpha value is -3.14. The fourth-order valence-electron chi connectivity index (χ4n) is 3.16. The molecule has 5 N–H and O–H groups in total. The minimum Gasteiger partial charge on any atom is -0.481 e. The highest BCUT2D eigenvalue weighted by Crippen LogP contribution is 2.19. The van der Waals surface area contributed by atoms with Gasteiger partial charge < -0.3 is 30.7 Å². The van der Waals surface area contributed by atoms with Gasteiger partial charge in [0.15, 0.2) is 11.6 Å². The summed E-state index contributed by atoms with van der Waals surface area (Å²) in [6, 6.07) is 9.35. The summed E-state index contributed by atoms with van der Waals surface area (Å²) in [5, 5.41) is 21.1. The molecule has 1 fully saturated rings. The number of carboxylic acid groups (broad SMARTS) is 1. The van der Waals surface area contributed by atoms with E-state index in [-0.39, 0.29) is 25.6 Å². The molecule has 1 heterocycles. The number of unbranched alkanes of at least 4 members (excludes halogenated alkanes) is 1. The van der Waals surface area contributed by atoms with Gasteiger partial charge in [0, 0.05) is 6.42 Å². The highest BCUT2D eigenvalue weighted by Gasteiger charge is 2.45. The summed E-state index contributed by atoms with van der Waals surface area (Å²) in [7, 11) is 0. The summed E-state index contributed by atoms with van der Waals surface area (Å²) in [6.45, 7) is 5.83. The molecule has 0 radical (unpaired) electrons. The maximum absolute atomic E-state index is 11.4. The van der Waals surface area contributed by atoms with E-state index < -0.39 is 41.5 Å². The molecule has 1 saturated heterocycles. The second-order valence-corrected chi connectivity index (χ2v) is 8.35. The van der Waals surface area contributed by atoms with Gasteiger partial charge in [0.1, 0.15) is 6.61 Å². The number of carboxylic acids is 1. The van der Waals surface area contributed by atoms with E-state index in [1.54, 1.807) is 0 Å². The topological polar surface area (TPSA) is 165 Å². The van der Waals surface area contributed by atoms with Crippen molar-refractivity contribution in [1.29, 1.82) is 0 Å². The second-order valence-electron chi connectivity index (χ2n) is 8.35. The number of benzene rings is 1. The van der Waals surface area contributed by atoms with Crippen LogP contribution in [0, 0.1) is 11.8 Å². The van der Waals surface area contributed by atoms with Gasteiger partial charge >= 0.3 is 18.0 Å². The molecular weight excluding hydrogens is 432 g/mol. The van der Waals surface area contributed by atoms with Crippen LogP contribution in [0.25, 0.3) is 0 Å². The van der Waals surface area contributed by atoms with Crippen molar-refractivity contribution in [3.05, 3.63) is 35.9 Å². The van der Waals surface area contributed by atoms with Crippen LogP contribution in [-0.4, -0.2) is 59.0 Å². The maximum Gasteiger partial charge on any atom is 0.408 e. The summed E-state index contributed by atoms with van der Waals surface area (Å²) in [6.07, 6.45) is -0.00616. The molecule has 1 aliphatic heterocycles. The molecule has 0 unspecified atom stereocenters. The van der Waals surface area contributed by atoms with Crippen molar-refractivity contribution in [2.45, 2.75) is 58.1 Å². The van der Waals surface area contributed by atoms with Crippen molar-refractivity contribution in [2.75, 3.05) is 13.2 Å². The fraction of sp³-hybridized carbons (Fsp3) is 0.565. The number of aliphatic hydroxyl groups excluding tert-OH is 1. The minimum absolute atomic E-state index is 0.0178. The van der Waals surface area contributed by atoms with Gasteiger partial charge in [-0.15, -0.1) is 0 Å². The standard InChI is InChI=1S/C12H22O5.C11H12N2O3/c1-4-5-6-17-12(16)10(13)9(11(14)15)7-8(2)3;12-9(14)11(7-16-10(15)13-11)6-8-4-2-1-3-5-8/h8-10,13H,4-7H2,1-3H3,(H,14,15);1-5H,6-7H2,(H2,12,14)(H,13,15)/t9-,10-;11-/m10/s1. The average molecular weight is 467 g/mol. The Balaban J connectivity index is 0.000000330. The van der Waals surface area contributed by atoms with Crippen molar-refractivity contribution in [3.63, 3.8) is 0 Å². The van der Waals surface area contributed by atoms with Crippen LogP contribution < -0.4 is 11.1 Å². The molecule has 2 rings (SSSR count). The number of primary amides is 1. The van der Waals surface area contributed by atoms with E-state index in [0.29, 0.717) is 12.8 Å². The molecule has 1 aromatic rings. The first-order chi connectivity index (χ1) is 15.5. The summed E-state index contributed by atoms with van der Waals surface area (Å²) in [5.74, 6) is -3.59. The lowest BCUT2D eigenvalue weighted by molar-refractivity contribution is -0.164. The first kappa shape index (κ1) is 27.9. The first-order valence-electron chi connectivity index (χ1n) is 10.9. The third kappa shape index (κ3) is 9.09. The van der Waals surface area contributed by atoms with Gasteiger partial charge in [0.05, 0.1) is 12.5 Å². The van der Waals surface area contributed by atoms with Crippen molar-refractivity contribution in [3.8, 4) is 0 Å². The normalized spacial score (nSPS) is 18.9. The average Bonchev–Trinajstić information content (AvgIpc) is 3.14. The van der Waals surface area contributed by atoms with Gasteiger partial charge in [-0.25, -0.2) is 9.59 Å². The van der Waals surface area contributed by atoms with E-state index in [4.69, 9.17) is 20.3 Å². The Kier molecular flexibility index (Phi) is 11.3. The van der Waals surface area contributed by atoms with Gasteiger partial charge in [-0.2, -0.15) is 0 Å². The zero-order chi connectivity index (χ0) is 25.0. The maximum atomic E-state index is 11.4. The quantitative estimate of drug-likeness (QED) is 0.282. The van der Waals surface area contributed by atoms with Crippen LogP contribution in [0.15, 0.2) is 30.3 Å². The van der Waals surface area contributed by atoms with E-state index in [1.807, 2.05) is 51.1 Å². The molecule has 1 aromatic carbocycles. The second kappa shape index (κ2) is 13.4. The number of cyclic esters (lactones) is 1. The van der Waals surface area contributed by atoms with Gasteiger partial charge in [0.2, 0.25) is 5.91 Å². The molecule has 0 bridgehead atoms. The first-order valence-corrected chi connectivity index (χ1v) is 10.9. The lowest BCUT2D eigenvalue weighted by atomic mass is 9.91. The molecule has 3 atom stereocenters.